The summed E-state index contributed by atoms with van der Waals surface area (Å²) in [6.07, 6.45) is -1.17. The van der Waals surface area contributed by atoms with Gasteiger partial charge in [-0.25, -0.2) is 0 Å². The van der Waals surface area contributed by atoms with Crippen molar-refractivity contribution in [1.29, 1.82) is 0 Å². The van der Waals surface area contributed by atoms with E-state index in [4.69, 9.17) is 4.74 Å². The Hall–Kier alpha value is -2.97. The van der Waals surface area contributed by atoms with Gasteiger partial charge in [0, 0.05) is 11.8 Å². The third-order valence-electron chi connectivity index (χ3n) is 3.17. The van der Waals surface area contributed by atoms with Gasteiger partial charge in [0.25, 0.3) is 0 Å². The van der Waals surface area contributed by atoms with Crippen LogP contribution in [0, 0.1) is 0 Å². The summed E-state index contributed by atoms with van der Waals surface area (Å²) in [6.45, 7) is -3.04. The van der Waals surface area contributed by atoms with Gasteiger partial charge in [-0.3, -0.25) is 9.78 Å². The lowest BCUT2D eigenvalue weighted by molar-refractivity contribution is -0.141. The van der Waals surface area contributed by atoms with Gasteiger partial charge in [-0.05, 0) is 42.0 Å². The number of pyridine rings is 1. The summed E-state index contributed by atoms with van der Waals surface area (Å²) in [5, 5.41) is 0. The molecule has 0 unspecified atom stereocenters. The van der Waals surface area contributed by atoms with Crippen LogP contribution in [0.15, 0.2) is 42.6 Å². The SMILES string of the molecule is COc1cc(C(=O)C=Cc2ccc(C(F)(F)F)nc2)ccc1OC(F)F. The maximum Gasteiger partial charge on any atom is 0.433 e. The number of nitrogens with zero attached hydrogens (tertiary/aromatic N) is 1. The quantitative estimate of drug-likeness (QED) is 0.422. The minimum absolute atomic E-state index is 0.0549. The number of allylic oxidation sites excluding steroid dienone is 1. The second-order valence-electron chi connectivity index (χ2n) is 4.92. The Morgan fingerprint density at radius 3 is 2.42 bits per heavy atom. The predicted molar refractivity (Wildman–Crippen MR) is 82.2 cm³/mol. The molecule has 0 spiro atoms. The first kappa shape index (κ1) is 19.4. The van der Waals surface area contributed by atoms with Crippen molar-refractivity contribution in [3.8, 4) is 11.5 Å². The Labute approximate surface area is 144 Å². The molecule has 0 fully saturated rings. The summed E-state index contributed by atoms with van der Waals surface area (Å²) in [5.41, 5.74) is -0.629. The summed E-state index contributed by atoms with van der Waals surface area (Å²) in [7, 11) is 1.23. The number of ether oxygens (including phenoxy) is 2. The van der Waals surface area contributed by atoms with Gasteiger partial charge in [-0.1, -0.05) is 6.07 Å². The van der Waals surface area contributed by atoms with Gasteiger partial charge in [0.05, 0.1) is 7.11 Å². The van der Waals surface area contributed by atoms with Gasteiger partial charge in [-0.2, -0.15) is 22.0 Å². The molecule has 1 heterocycles. The Morgan fingerprint density at radius 2 is 1.88 bits per heavy atom. The summed E-state index contributed by atoms with van der Waals surface area (Å²) in [5.74, 6) is -0.789. The number of carbonyl (C=O) groups excluding carboxylic acids is 1. The first-order valence-electron chi connectivity index (χ1n) is 7.09. The fraction of sp³-hybridized carbons (Fsp3) is 0.176. The van der Waals surface area contributed by atoms with Gasteiger partial charge >= 0.3 is 12.8 Å². The number of hydrogen-bond acceptors (Lipinski definition) is 4. The highest BCUT2D eigenvalue weighted by molar-refractivity contribution is 6.07. The Bertz CT molecular complexity index is 801. The molecule has 1 aromatic heterocycles. The van der Waals surface area contributed by atoms with Crippen molar-refractivity contribution in [2.45, 2.75) is 12.8 Å². The normalized spacial score (nSPS) is 11.8. The number of rotatable bonds is 6. The molecule has 0 amide bonds. The molecule has 2 rings (SSSR count). The molecule has 26 heavy (non-hydrogen) atoms. The van der Waals surface area contributed by atoms with E-state index in [0.717, 1.165) is 24.4 Å². The Kier molecular flexibility index (Phi) is 5.91. The average molecular weight is 373 g/mol. The van der Waals surface area contributed by atoms with Crippen molar-refractivity contribution in [1.82, 2.24) is 4.98 Å². The lowest BCUT2D eigenvalue weighted by atomic mass is 10.1. The van der Waals surface area contributed by atoms with Crippen LogP contribution in [0.25, 0.3) is 6.08 Å². The number of alkyl halides is 5. The van der Waals surface area contributed by atoms with Crippen molar-refractivity contribution in [3.63, 3.8) is 0 Å². The number of hydrogen-bond donors (Lipinski definition) is 0. The largest absolute Gasteiger partial charge is 0.493 e. The molecule has 138 valence electrons. The lowest BCUT2D eigenvalue weighted by Crippen LogP contribution is -2.07. The molecule has 0 N–H and O–H groups in total. The van der Waals surface area contributed by atoms with Crippen LogP contribution in [0.5, 0.6) is 11.5 Å². The van der Waals surface area contributed by atoms with E-state index < -0.39 is 24.3 Å². The van der Waals surface area contributed by atoms with Gasteiger partial charge in [0.15, 0.2) is 17.3 Å². The van der Waals surface area contributed by atoms with E-state index in [1.807, 2.05) is 0 Å². The van der Waals surface area contributed by atoms with Crippen molar-refractivity contribution >= 4 is 11.9 Å². The fourth-order valence-corrected chi connectivity index (χ4v) is 1.95. The Morgan fingerprint density at radius 1 is 1.15 bits per heavy atom. The van der Waals surface area contributed by atoms with E-state index in [2.05, 4.69) is 9.72 Å². The van der Waals surface area contributed by atoms with Crippen LogP contribution < -0.4 is 9.47 Å². The van der Waals surface area contributed by atoms with E-state index >= 15 is 0 Å². The smallest absolute Gasteiger partial charge is 0.433 e. The van der Waals surface area contributed by atoms with E-state index in [-0.39, 0.29) is 22.6 Å². The molecule has 0 aliphatic heterocycles. The van der Waals surface area contributed by atoms with Crippen LogP contribution >= 0.6 is 0 Å². The van der Waals surface area contributed by atoms with Gasteiger partial charge in [0.2, 0.25) is 0 Å². The van der Waals surface area contributed by atoms with Crippen LogP contribution in [0.1, 0.15) is 21.6 Å². The molecule has 0 aliphatic carbocycles. The number of methoxy groups -OCH3 is 1. The standard InChI is InChI=1S/C17H12F5NO3/c1-25-14-8-11(4-6-13(14)26-16(18)19)12(24)5-2-10-3-7-15(23-9-10)17(20,21)22/h2-9,16H,1H3. The summed E-state index contributed by atoms with van der Waals surface area (Å²) in [4.78, 5) is 15.4. The second-order valence-corrected chi connectivity index (χ2v) is 4.92. The summed E-state index contributed by atoms with van der Waals surface area (Å²) >= 11 is 0. The third kappa shape index (κ3) is 5.01. The zero-order chi connectivity index (χ0) is 19.3. The average Bonchev–Trinajstić information content (AvgIpc) is 2.59. The van der Waals surface area contributed by atoms with E-state index in [1.165, 1.54) is 31.4 Å². The topological polar surface area (TPSA) is 48.4 Å². The first-order chi connectivity index (χ1) is 12.2. The van der Waals surface area contributed by atoms with E-state index in [1.54, 1.807) is 0 Å². The van der Waals surface area contributed by atoms with Crippen LogP contribution in [0.2, 0.25) is 0 Å². The summed E-state index contributed by atoms with van der Waals surface area (Å²) < 4.78 is 71.0. The maximum atomic E-state index is 12.4. The number of halogens is 5. The Balaban J connectivity index is 2.15. The van der Waals surface area contributed by atoms with E-state index in [9.17, 15) is 26.7 Å². The van der Waals surface area contributed by atoms with Crippen molar-refractivity contribution < 1.29 is 36.2 Å². The lowest BCUT2D eigenvalue weighted by Gasteiger charge is -2.10. The van der Waals surface area contributed by atoms with E-state index in [0.29, 0.717) is 0 Å². The predicted octanol–water partition coefficient (Wildman–Crippen LogP) is 4.61. The minimum atomic E-state index is -4.54. The highest BCUT2D eigenvalue weighted by atomic mass is 19.4. The minimum Gasteiger partial charge on any atom is -0.493 e. The molecule has 0 bridgehead atoms. The van der Waals surface area contributed by atoms with Crippen LogP contribution in [0.3, 0.4) is 0 Å². The highest BCUT2D eigenvalue weighted by Crippen LogP contribution is 2.30. The van der Waals surface area contributed by atoms with Crippen molar-refractivity contribution in [2.24, 2.45) is 0 Å². The fourth-order valence-electron chi connectivity index (χ4n) is 1.95. The highest BCUT2D eigenvalue weighted by Gasteiger charge is 2.31. The monoisotopic (exact) mass is 373 g/mol. The molecule has 0 radical (unpaired) electrons. The van der Waals surface area contributed by atoms with Crippen LogP contribution in [-0.2, 0) is 6.18 Å². The number of benzene rings is 1. The molecule has 1 aromatic carbocycles. The number of ketones is 1. The van der Waals surface area contributed by atoms with Crippen LogP contribution in [-0.4, -0.2) is 24.5 Å². The zero-order valence-electron chi connectivity index (χ0n) is 13.3. The molecule has 2 aromatic rings. The molecule has 0 aliphatic rings. The molecular formula is C17H12F5NO3. The third-order valence-corrected chi connectivity index (χ3v) is 3.17. The van der Waals surface area contributed by atoms with Crippen molar-refractivity contribution in [3.05, 3.63) is 59.4 Å². The zero-order valence-corrected chi connectivity index (χ0v) is 13.3. The molecule has 0 atom stereocenters. The van der Waals surface area contributed by atoms with Gasteiger partial charge < -0.3 is 9.47 Å². The molecular weight excluding hydrogens is 361 g/mol. The maximum absolute atomic E-state index is 12.4. The molecule has 9 heteroatoms. The second kappa shape index (κ2) is 7.94. The number of aromatic nitrogens is 1. The van der Waals surface area contributed by atoms with Crippen LogP contribution in [0.4, 0.5) is 22.0 Å². The van der Waals surface area contributed by atoms with Gasteiger partial charge in [0.1, 0.15) is 5.69 Å². The molecule has 0 saturated carbocycles. The number of carbonyl (C=O) groups is 1. The molecule has 4 nitrogen and oxygen atoms in total. The first-order valence-corrected chi connectivity index (χ1v) is 7.09. The van der Waals surface area contributed by atoms with Gasteiger partial charge in [-0.15, -0.1) is 0 Å². The molecule has 0 saturated heterocycles. The summed E-state index contributed by atoms with van der Waals surface area (Å²) in [6, 6.07) is 5.60. The van der Waals surface area contributed by atoms with Crippen molar-refractivity contribution in [2.75, 3.05) is 7.11 Å².